The van der Waals surface area contributed by atoms with Crippen LogP contribution >= 0.6 is 0 Å². The van der Waals surface area contributed by atoms with Gasteiger partial charge in [0.1, 0.15) is 5.75 Å². The van der Waals surface area contributed by atoms with E-state index in [1.807, 2.05) is 6.07 Å². The molecule has 0 aromatic heterocycles. The van der Waals surface area contributed by atoms with Gasteiger partial charge in [0, 0.05) is 6.54 Å². The smallest absolute Gasteiger partial charge is 0.338 e. The molecule has 0 spiro atoms. The van der Waals surface area contributed by atoms with E-state index in [0.29, 0.717) is 29.4 Å². The van der Waals surface area contributed by atoms with Gasteiger partial charge in [-0.1, -0.05) is 6.07 Å². The van der Waals surface area contributed by atoms with Gasteiger partial charge in [-0.2, -0.15) is 0 Å². The van der Waals surface area contributed by atoms with Crippen molar-refractivity contribution in [2.75, 3.05) is 13.9 Å². The molecule has 26 heavy (non-hydrogen) atoms. The molecule has 1 atom stereocenters. The maximum atomic E-state index is 12.2. The van der Waals surface area contributed by atoms with Gasteiger partial charge in [-0.15, -0.1) is 0 Å². The highest BCUT2D eigenvalue weighted by Crippen LogP contribution is 2.32. The van der Waals surface area contributed by atoms with Crippen LogP contribution in [0.3, 0.4) is 0 Å². The predicted octanol–water partition coefficient (Wildman–Crippen LogP) is 2.29. The molecule has 3 rings (SSSR count). The van der Waals surface area contributed by atoms with Crippen molar-refractivity contribution in [2.24, 2.45) is 0 Å². The second kappa shape index (κ2) is 7.77. The SMILES string of the molecule is COc1ccc(C(=O)OC(C)C(=O)NCc2ccc3c(c2)OCO3)cc1. The van der Waals surface area contributed by atoms with Crippen LogP contribution in [0, 0.1) is 0 Å². The minimum absolute atomic E-state index is 0.198. The number of fused-ring (bicyclic) bond motifs is 1. The number of rotatable bonds is 6. The molecule has 1 N–H and O–H groups in total. The zero-order valence-corrected chi connectivity index (χ0v) is 14.5. The molecule has 1 aliphatic rings. The second-order valence-corrected chi connectivity index (χ2v) is 5.68. The summed E-state index contributed by atoms with van der Waals surface area (Å²) < 4.78 is 20.8. The Bertz CT molecular complexity index is 802. The molecule has 2 aromatic carbocycles. The van der Waals surface area contributed by atoms with Crippen LogP contribution in [0.5, 0.6) is 17.2 Å². The Hall–Kier alpha value is -3.22. The predicted molar refractivity (Wildman–Crippen MR) is 92.3 cm³/mol. The number of nitrogens with one attached hydrogen (secondary N) is 1. The number of carbonyl (C=O) groups excluding carboxylic acids is 2. The number of hydrogen-bond donors (Lipinski definition) is 1. The van der Waals surface area contributed by atoms with Crippen molar-refractivity contribution >= 4 is 11.9 Å². The summed E-state index contributed by atoms with van der Waals surface area (Å²) in [5.41, 5.74) is 1.21. The van der Waals surface area contributed by atoms with Crippen LogP contribution in [0.25, 0.3) is 0 Å². The van der Waals surface area contributed by atoms with E-state index < -0.39 is 12.1 Å². The van der Waals surface area contributed by atoms with Crippen LogP contribution in [-0.4, -0.2) is 31.9 Å². The van der Waals surface area contributed by atoms with Crippen molar-refractivity contribution in [1.29, 1.82) is 0 Å². The standard InChI is InChI=1S/C19H19NO6/c1-12(26-19(22)14-4-6-15(23-2)7-5-14)18(21)20-10-13-3-8-16-17(9-13)25-11-24-16/h3-9,12H,10-11H2,1-2H3,(H,20,21). The highest BCUT2D eigenvalue weighted by molar-refractivity contribution is 5.92. The molecular weight excluding hydrogens is 338 g/mol. The summed E-state index contributed by atoms with van der Waals surface area (Å²) in [4.78, 5) is 24.2. The quantitative estimate of drug-likeness (QED) is 0.799. The van der Waals surface area contributed by atoms with E-state index in [-0.39, 0.29) is 12.7 Å². The van der Waals surface area contributed by atoms with Gasteiger partial charge in [-0.3, -0.25) is 4.79 Å². The van der Waals surface area contributed by atoms with E-state index in [0.717, 1.165) is 5.56 Å². The lowest BCUT2D eigenvalue weighted by atomic mass is 10.2. The molecule has 2 aromatic rings. The first-order valence-electron chi connectivity index (χ1n) is 8.08. The van der Waals surface area contributed by atoms with Crippen molar-refractivity contribution < 1.29 is 28.5 Å². The van der Waals surface area contributed by atoms with Crippen molar-refractivity contribution in [3.8, 4) is 17.2 Å². The molecule has 1 amide bonds. The number of methoxy groups -OCH3 is 1. The topological polar surface area (TPSA) is 83.1 Å². The molecule has 0 fully saturated rings. The fourth-order valence-corrected chi connectivity index (χ4v) is 2.39. The number of esters is 1. The molecule has 0 radical (unpaired) electrons. The summed E-state index contributed by atoms with van der Waals surface area (Å²) >= 11 is 0. The molecule has 1 heterocycles. The number of hydrogen-bond acceptors (Lipinski definition) is 6. The van der Waals surface area contributed by atoms with Crippen LogP contribution in [0.15, 0.2) is 42.5 Å². The first-order valence-corrected chi connectivity index (χ1v) is 8.08. The Kier molecular flexibility index (Phi) is 5.26. The summed E-state index contributed by atoms with van der Waals surface area (Å²) in [5.74, 6) is 1.01. The zero-order valence-electron chi connectivity index (χ0n) is 14.5. The second-order valence-electron chi connectivity index (χ2n) is 5.68. The minimum atomic E-state index is -0.918. The van der Waals surface area contributed by atoms with Crippen LogP contribution in [0.2, 0.25) is 0 Å². The van der Waals surface area contributed by atoms with Crippen molar-refractivity contribution in [1.82, 2.24) is 5.32 Å². The maximum Gasteiger partial charge on any atom is 0.338 e. The van der Waals surface area contributed by atoms with Gasteiger partial charge in [-0.05, 0) is 48.9 Å². The Morgan fingerprint density at radius 3 is 2.58 bits per heavy atom. The van der Waals surface area contributed by atoms with Crippen LogP contribution in [0.1, 0.15) is 22.8 Å². The third kappa shape index (κ3) is 4.05. The third-order valence-electron chi connectivity index (χ3n) is 3.88. The molecule has 0 saturated carbocycles. The Morgan fingerprint density at radius 2 is 1.85 bits per heavy atom. The number of carbonyl (C=O) groups is 2. The van der Waals surface area contributed by atoms with Crippen molar-refractivity contribution in [3.05, 3.63) is 53.6 Å². The van der Waals surface area contributed by atoms with Gasteiger partial charge in [0.25, 0.3) is 5.91 Å². The molecule has 7 heteroatoms. The molecule has 136 valence electrons. The summed E-state index contributed by atoms with van der Waals surface area (Å²) in [6, 6.07) is 11.9. The lowest BCUT2D eigenvalue weighted by Gasteiger charge is -2.14. The molecule has 0 bridgehead atoms. The molecule has 7 nitrogen and oxygen atoms in total. The van der Waals surface area contributed by atoms with Gasteiger partial charge in [0.05, 0.1) is 12.7 Å². The minimum Gasteiger partial charge on any atom is -0.497 e. The third-order valence-corrected chi connectivity index (χ3v) is 3.88. The monoisotopic (exact) mass is 357 g/mol. The average molecular weight is 357 g/mol. The van der Waals surface area contributed by atoms with Gasteiger partial charge < -0.3 is 24.3 Å². The number of amides is 1. The molecule has 0 saturated heterocycles. The average Bonchev–Trinajstić information content (AvgIpc) is 3.13. The largest absolute Gasteiger partial charge is 0.497 e. The summed E-state index contributed by atoms with van der Waals surface area (Å²) in [6.45, 7) is 2.01. The Balaban J connectivity index is 1.51. The van der Waals surface area contributed by atoms with Gasteiger partial charge >= 0.3 is 5.97 Å². The highest BCUT2D eigenvalue weighted by Gasteiger charge is 2.19. The lowest BCUT2D eigenvalue weighted by Crippen LogP contribution is -2.35. The van der Waals surface area contributed by atoms with Crippen molar-refractivity contribution in [3.63, 3.8) is 0 Å². The number of ether oxygens (including phenoxy) is 4. The Labute approximate surface area is 150 Å². The van der Waals surface area contributed by atoms with E-state index >= 15 is 0 Å². The molecule has 0 aliphatic carbocycles. The summed E-state index contributed by atoms with van der Waals surface area (Å²) in [5, 5.41) is 2.73. The van der Waals surface area contributed by atoms with E-state index in [4.69, 9.17) is 18.9 Å². The van der Waals surface area contributed by atoms with E-state index in [1.165, 1.54) is 6.92 Å². The fourth-order valence-electron chi connectivity index (χ4n) is 2.39. The van der Waals surface area contributed by atoms with Crippen LogP contribution in [0.4, 0.5) is 0 Å². The van der Waals surface area contributed by atoms with Crippen molar-refractivity contribution in [2.45, 2.75) is 19.6 Å². The van der Waals surface area contributed by atoms with E-state index in [1.54, 1.807) is 43.5 Å². The van der Waals surface area contributed by atoms with Crippen LogP contribution < -0.4 is 19.5 Å². The molecule has 1 unspecified atom stereocenters. The molecule has 1 aliphatic heterocycles. The van der Waals surface area contributed by atoms with E-state index in [2.05, 4.69) is 5.32 Å². The van der Waals surface area contributed by atoms with Gasteiger partial charge in [0.15, 0.2) is 17.6 Å². The maximum absolute atomic E-state index is 12.2. The first kappa shape index (κ1) is 17.6. The molecular formula is C19H19NO6. The fraction of sp³-hybridized carbons (Fsp3) is 0.263. The lowest BCUT2D eigenvalue weighted by molar-refractivity contribution is -0.129. The zero-order chi connectivity index (χ0) is 18.5. The first-order chi connectivity index (χ1) is 12.6. The summed E-state index contributed by atoms with van der Waals surface area (Å²) in [6.07, 6.45) is -0.918. The van der Waals surface area contributed by atoms with E-state index in [9.17, 15) is 9.59 Å². The normalized spacial score (nSPS) is 13.0. The van der Waals surface area contributed by atoms with Gasteiger partial charge in [-0.25, -0.2) is 4.79 Å². The Morgan fingerprint density at radius 1 is 1.12 bits per heavy atom. The van der Waals surface area contributed by atoms with Gasteiger partial charge in [0.2, 0.25) is 6.79 Å². The summed E-state index contributed by atoms with van der Waals surface area (Å²) in [7, 11) is 1.54. The van der Waals surface area contributed by atoms with Crippen LogP contribution in [-0.2, 0) is 16.1 Å². The number of benzene rings is 2. The highest BCUT2D eigenvalue weighted by atomic mass is 16.7.